The zero-order chi connectivity index (χ0) is 6.69. The molecular formula is C7H8NO. The molecule has 1 aromatic rings. The van der Waals surface area contributed by atoms with E-state index >= 15 is 0 Å². The average molecular weight is 122 g/mol. The minimum absolute atomic E-state index is 0.245. The summed E-state index contributed by atoms with van der Waals surface area (Å²) in [5.41, 5.74) is 6.11. The van der Waals surface area contributed by atoms with Crippen molar-refractivity contribution in [2.45, 2.75) is 6.54 Å². The third kappa shape index (κ3) is 1.44. The first-order valence-corrected chi connectivity index (χ1v) is 2.72. The Kier molecular flexibility index (Phi) is 1.70. The lowest BCUT2D eigenvalue weighted by atomic mass is 10.2. The molecule has 0 aliphatic carbocycles. The van der Waals surface area contributed by atoms with Gasteiger partial charge in [-0.2, -0.15) is 0 Å². The van der Waals surface area contributed by atoms with Crippen LogP contribution in [0.2, 0.25) is 0 Å². The number of aromatic hydroxyl groups is 1. The predicted octanol–water partition coefficient (Wildman–Crippen LogP) is 0.651. The minimum Gasteiger partial charge on any atom is -0.508 e. The maximum atomic E-state index is 8.87. The number of benzene rings is 1. The molecule has 1 rings (SSSR count). The molecule has 0 aliphatic rings. The first kappa shape index (κ1) is 6.11. The van der Waals surface area contributed by atoms with Gasteiger partial charge in [-0.1, -0.05) is 6.07 Å². The van der Waals surface area contributed by atoms with Crippen LogP contribution in [0.15, 0.2) is 18.2 Å². The molecule has 3 N–H and O–H groups in total. The molecular weight excluding hydrogens is 114 g/mol. The van der Waals surface area contributed by atoms with Crippen LogP contribution in [0, 0.1) is 6.07 Å². The molecule has 0 aromatic heterocycles. The Morgan fingerprint density at radius 1 is 1.67 bits per heavy atom. The van der Waals surface area contributed by atoms with Gasteiger partial charge in [-0.05, 0) is 23.8 Å². The summed E-state index contributed by atoms with van der Waals surface area (Å²) in [6.45, 7) is 0.425. The van der Waals surface area contributed by atoms with Gasteiger partial charge in [0.1, 0.15) is 5.75 Å². The topological polar surface area (TPSA) is 46.2 Å². The average Bonchev–Trinajstić information content (AvgIpc) is 1.88. The maximum absolute atomic E-state index is 8.87. The van der Waals surface area contributed by atoms with E-state index < -0.39 is 0 Å². The molecule has 0 saturated carbocycles. The molecule has 0 unspecified atom stereocenters. The molecule has 0 atom stereocenters. The molecule has 1 aromatic carbocycles. The van der Waals surface area contributed by atoms with E-state index in [2.05, 4.69) is 6.07 Å². The highest BCUT2D eigenvalue weighted by Gasteiger charge is 1.88. The molecule has 0 fully saturated rings. The highest BCUT2D eigenvalue weighted by molar-refractivity contribution is 5.25. The largest absolute Gasteiger partial charge is 0.508 e. The second-order valence-corrected chi connectivity index (χ2v) is 1.78. The number of rotatable bonds is 1. The van der Waals surface area contributed by atoms with E-state index in [1.165, 1.54) is 0 Å². The van der Waals surface area contributed by atoms with Crippen molar-refractivity contribution < 1.29 is 5.11 Å². The minimum atomic E-state index is 0.245. The van der Waals surface area contributed by atoms with Crippen LogP contribution in [0.3, 0.4) is 0 Å². The fourth-order valence-electron chi connectivity index (χ4n) is 0.620. The van der Waals surface area contributed by atoms with Gasteiger partial charge in [-0.25, -0.2) is 0 Å². The third-order valence-corrected chi connectivity index (χ3v) is 1.06. The van der Waals surface area contributed by atoms with Crippen LogP contribution in [-0.2, 0) is 6.54 Å². The van der Waals surface area contributed by atoms with Gasteiger partial charge in [0, 0.05) is 6.54 Å². The van der Waals surface area contributed by atoms with Gasteiger partial charge >= 0.3 is 0 Å². The van der Waals surface area contributed by atoms with Crippen LogP contribution in [0.4, 0.5) is 0 Å². The molecule has 9 heavy (non-hydrogen) atoms. The van der Waals surface area contributed by atoms with Crippen molar-refractivity contribution in [3.63, 3.8) is 0 Å². The quantitative estimate of drug-likeness (QED) is 0.574. The van der Waals surface area contributed by atoms with Crippen LogP contribution in [0.1, 0.15) is 5.56 Å². The van der Waals surface area contributed by atoms with E-state index in [1.807, 2.05) is 0 Å². The van der Waals surface area contributed by atoms with Crippen molar-refractivity contribution in [3.8, 4) is 5.75 Å². The van der Waals surface area contributed by atoms with E-state index in [4.69, 9.17) is 10.8 Å². The fourth-order valence-corrected chi connectivity index (χ4v) is 0.620. The van der Waals surface area contributed by atoms with Crippen molar-refractivity contribution in [1.82, 2.24) is 0 Å². The summed E-state index contributed by atoms with van der Waals surface area (Å²) >= 11 is 0. The van der Waals surface area contributed by atoms with Crippen LogP contribution >= 0.6 is 0 Å². The summed E-state index contributed by atoms with van der Waals surface area (Å²) in [6, 6.07) is 7.69. The number of phenolic OH excluding ortho intramolecular Hbond substituents is 1. The molecule has 0 bridgehead atoms. The summed E-state index contributed by atoms with van der Waals surface area (Å²) in [5.74, 6) is 0.245. The molecule has 0 saturated heterocycles. The molecule has 47 valence electrons. The number of nitrogens with two attached hydrogens (primary N) is 1. The van der Waals surface area contributed by atoms with Gasteiger partial charge < -0.3 is 10.8 Å². The van der Waals surface area contributed by atoms with E-state index in [-0.39, 0.29) is 5.75 Å². The van der Waals surface area contributed by atoms with Crippen molar-refractivity contribution >= 4 is 0 Å². The molecule has 1 radical (unpaired) electrons. The maximum Gasteiger partial charge on any atom is 0.115 e. The monoisotopic (exact) mass is 122 g/mol. The highest BCUT2D eigenvalue weighted by atomic mass is 16.3. The standard InChI is InChI=1S/C7H8NO/c8-5-6-2-1-3-7(9)4-6/h1,3-4,9H,5,8H2. The Labute approximate surface area is 53.9 Å². The van der Waals surface area contributed by atoms with Crippen LogP contribution in [-0.4, -0.2) is 5.11 Å². The summed E-state index contributed by atoms with van der Waals surface area (Å²) < 4.78 is 0. The third-order valence-electron chi connectivity index (χ3n) is 1.06. The van der Waals surface area contributed by atoms with Gasteiger partial charge in [-0.15, -0.1) is 0 Å². The Hall–Kier alpha value is -1.02. The Morgan fingerprint density at radius 2 is 2.44 bits per heavy atom. The Bertz CT molecular complexity index is 198. The lowest BCUT2D eigenvalue weighted by Crippen LogP contribution is -1.94. The molecule has 2 nitrogen and oxygen atoms in total. The molecule has 0 aliphatic heterocycles. The highest BCUT2D eigenvalue weighted by Crippen LogP contribution is 2.08. The predicted molar refractivity (Wildman–Crippen MR) is 34.8 cm³/mol. The molecule has 0 spiro atoms. The van der Waals surface area contributed by atoms with Crippen molar-refractivity contribution in [1.29, 1.82) is 0 Å². The Balaban J connectivity index is 2.94. The Morgan fingerprint density at radius 3 is 2.89 bits per heavy atom. The number of phenols is 1. The van der Waals surface area contributed by atoms with Crippen molar-refractivity contribution in [2.24, 2.45) is 5.73 Å². The lowest BCUT2D eigenvalue weighted by molar-refractivity contribution is 0.474. The van der Waals surface area contributed by atoms with Crippen LogP contribution in [0.5, 0.6) is 5.75 Å². The smallest absolute Gasteiger partial charge is 0.115 e. The van der Waals surface area contributed by atoms with Gasteiger partial charge in [0.05, 0.1) is 0 Å². The van der Waals surface area contributed by atoms with Crippen LogP contribution < -0.4 is 5.73 Å². The van der Waals surface area contributed by atoms with Gasteiger partial charge in [0.25, 0.3) is 0 Å². The molecule has 0 heterocycles. The summed E-state index contributed by atoms with van der Waals surface area (Å²) in [6.07, 6.45) is 0. The van der Waals surface area contributed by atoms with E-state index in [9.17, 15) is 0 Å². The van der Waals surface area contributed by atoms with E-state index in [1.54, 1.807) is 18.2 Å². The fraction of sp³-hybridized carbons (Fsp3) is 0.143. The zero-order valence-electron chi connectivity index (χ0n) is 4.96. The van der Waals surface area contributed by atoms with Crippen molar-refractivity contribution in [3.05, 3.63) is 29.8 Å². The lowest BCUT2D eigenvalue weighted by Gasteiger charge is -1.93. The first-order valence-electron chi connectivity index (χ1n) is 2.72. The van der Waals surface area contributed by atoms with Gasteiger partial charge in [0.15, 0.2) is 0 Å². The van der Waals surface area contributed by atoms with Gasteiger partial charge in [0.2, 0.25) is 0 Å². The SMILES string of the molecule is NCc1[c]ccc(O)c1. The summed E-state index contributed by atoms with van der Waals surface area (Å²) in [4.78, 5) is 0. The summed E-state index contributed by atoms with van der Waals surface area (Å²) in [7, 11) is 0. The van der Waals surface area contributed by atoms with Crippen molar-refractivity contribution in [2.75, 3.05) is 0 Å². The summed E-state index contributed by atoms with van der Waals surface area (Å²) in [5, 5.41) is 8.87. The number of hydrogen-bond donors (Lipinski definition) is 2. The van der Waals surface area contributed by atoms with Gasteiger partial charge in [-0.3, -0.25) is 0 Å². The first-order chi connectivity index (χ1) is 4.33. The molecule has 0 amide bonds. The second kappa shape index (κ2) is 2.51. The van der Waals surface area contributed by atoms with E-state index in [0.717, 1.165) is 5.56 Å². The normalized spacial score (nSPS) is 9.44. The zero-order valence-corrected chi connectivity index (χ0v) is 4.96. The second-order valence-electron chi connectivity index (χ2n) is 1.78. The van der Waals surface area contributed by atoms with Crippen LogP contribution in [0.25, 0.3) is 0 Å². The van der Waals surface area contributed by atoms with E-state index in [0.29, 0.717) is 6.54 Å². The molecule has 2 heteroatoms. The number of hydrogen-bond acceptors (Lipinski definition) is 2.